The van der Waals surface area contributed by atoms with Crippen molar-refractivity contribution < 1.29 is 4.39 Å². The number of benzene rings is 1. The van der Waals surface area contributed by atoms with Gasteiger partial charge in [0.1, 0.15) is 5.82 Å². The Morgan fingerprint density at radius 1 is 1.33 bits per heavy atom. The van der Waals surface area contributed by atoms with Crippen LogP contribution < -0.4 is 5.32 Å². The second-order valence-electron chi connectivity index (χ2n) is 6.69. The van der Waals surface area contributed by atoms with Gasteiger partial charge in [-0.15, -0.1) is 0 Å². The van der Waals surface area contributed by atoms with E-state index in [0.717, 1.165) is 13.1 Å². The first-order chi connectivity index (χ1) is 10.1. The third-order valence-electron chi connectivity index (χ3n) is 5.12. The van der Waals surface area contributed by atoms with Crippen LogP contribution in [0.1, 0.15) is 44.6 Å². The summed E-state index contributed by atoms with van der Waals surface area (Å²) in [6, 6.07) is 5.73. The minimum atomic E-state index is -0.261. The third kappa shape index (κ3) is 3.25. The Balaban J connectivity index is 1.75. The van der Waals surface area contributed by atoms with E-state index < -0.39 is 0 Å². The molecular formula is C17H24ClFN2. The first-order valence-electron chi connectivity index (χ1n) is 8.02. The minimum Gasteiger partial charge on any atom is -0.308 e. The molecule has 1 unspecified atom stereocenters. The Kier molecular flexibility index (Phi) is 4.53. The van der Waals surface area contributed by atoms with E-state index in [1.54, 1.807) is 6.07 Å². The van der Waals surface area contributed by atoms with E-state index in [4.69, 9.17) is 11.6 Å². The second-order valence-corrected chi connectivity index (χ2v) is 7.10. The van der Waals surface area contributed by atoms with Crippen molar-refractivity contribution in [3.05, 3.63) is 34.6 Å². The van der Waals surface area contributed by atoms with Gasteiger partial charge in [-0.1, -0.05) is 43.0 Å². The molecule has 0 radical (unpaired) electrons. The Labute approximate surface area is 131 Å². The summed E-state index contributed by atoms with van der Waals surface area (Å²) in [5.74, 6) is -0.261. The van der Waals surface area contributed by atoms with E-state index in [9.17, 15) is 4.39 Å². The van der Waals surface area contributed by atoms with Crippen molar-refractivity contribution in [1.29, 1.82) is 0 Å². The van der Waals surface area contributed by atoms with Gasteiger partial charge in [-0.2, -0.15) is 0 Å². The predicted octanol–water partition coefficient (Wildman–Crippen LogP) is 3.98. The fraction of sp³-hybridized carbons (Fsp3) is 0.647. The molecular weight excluding hydrogens is 287 g/mol. The van der Waals surface area contributed by atoms with Gasteiger partial charge in [0.15, 0.2) is 0 Å². The second kappa shape index (κ2) is 6.23. The molecule has 1 saturated heterocycles. The van der Waals surface area contributed by atoms with E-state index in [-0.39, 0.29) is 16.4 Å². The topological polar surface area (TPSA) is 15.3 Å². The molecule has 1 aromatic rings. The van der Waals surface area contributed by atoms with Crippen molar-refractivity contribution in [3.63, 3.8) is 0 Å². The molecule has 21 heavy (non-hydrogen) atoms. The first-order valence-corrected chi connectivity index (χ1v) is 8.39. The molecule has 116 valence electrons. The van der Waals surface area contributed by atoms with Gasteiger partial charge in [-0.3, -0.25) is 4.90 Å². The molecule has 1 spiro atoms. The average Bonchev–Trinajstić information content (AvgIpc) is 2.49. The predicted molar refractivity (Wildman–Crippen MR) is 85.1 cm³/mol. The Bertz CT molecular complexity index is 500. The molecule has 1 N–H and O–H groups in total. The number of hydrogen-bond acceptors (Lipinski definition) is 2. The summed E-state index contributed by atoms with van der Waals surface area (Å²) in [4.78, 5) is 2.41. The van der Waals surface area contributed by atoms with Crippen molar-refractivity contribution in [1.82, 2.24) is 10.2 Å². The van der Waals surface area contributed by atoms with Crippen molar-refractivity contribution in [2.24, 2.45) is 0 Å². The summed E-state index contributed by atoms with van der Waals surface area (Å²) < 4.78 is 14.1. The van der Waals surface area contributed by atoms with Gasteiger partial charge >= 0.3 is 0 Å². The average molecular weight is 311 g/mol. The number of halogens is 2. The molecule has 0 aromatic heterocycles. The zero-order valence-electron chi connectivity index (χ0n) is 12.7. The highest BCUT2D eigenvalue weighted by Gasteiger charge is 2.38. The molecule has 0 bridgehead atoms. The third-order valence-corrected chi connectivity index (χ3v) is 5.41. The standard InChI is InChI=1S/C17H24ClFN2/c1-13-10-20-17(8-3-2-4-9-17)12-21(13)11-14-6-5-7-15(18)16(14)19/h5-7,13,20H,2-4,8-12H2,1H3. The number of nitrogens with one attached hydrogen (secondary N) is 1. The van der Waals surface area contributed by atoms with Crippen LogP contribution in [-0.2, 0) is 6.54 Å². The van der Waals surface area contributed by atoms with Gasteiger partial charge in [-0.25, -0.2) is 4.39 Å². The lowest BCUT2D eigenvalue weighted by molar-refractivity contribution is 0.0565. The van der Waals surface area contributed by atoms with E-state index in [0.29, 0.717) is 18.2 Å². The zero-order chi connectivity index (χ0) is 14.9. The highest BCUT2D eigenvalue weighted by atomic mass is 35.5. The highest BCUT2D eigenvalue weighted by molar-refractivity contribution is 6.30. The van der Waals surface area contributed by atoms with E-state index in [1.807, 2.05) is 12.1 Å². The molecule has 0 amide bonds. The van der Waals surface area contributed by atoms with Crippen molar-refractivity contribution in [3.8, 4) is 0 Å². The molecule has 1 aliphatic carbocycles. The largest absolute Gasteiger partial charge is 0.308 e. The molecule has 1 aliphatic heterocycles. The van der Waals surface area contributed by atoms with Crippen LogP contribution in [0.4, 0.5) is 4.39 Å². The number of hydrogen-bond donors (Lipinski definition) is 1. The maximum atomic E-state index is 14.1. The maximum absolute atomic E-state index is 14.1. The highest BCUT2D eigenvalue weighted by Crippen LogP contribution is 2.32. The lowest BCUT2D eigenvalue weighted by Gasteiger charge is -2.49. The van der Waals surface area contributed by atoms with Crippen LogP contribution in [0.2, 0.25) is 5.02 Å². The van der Waals surface area contributed by atoms with Gasteiger partial charge in [0.25, 0.3) is 0 Å². The minimum absolute atomic E-state index is 0.225. The van der Waals surface area contributed by atoms with Crippen LogP contribution in [0.3, 0.4) is 0 Å². The monoisotopic (exact) mass is 310 g/mol. The van der Waals surface area contributed by atoms with Crippen LogP contribution in [0, 0.1) is 5.82 Å². The van der Waals surface area contributed by atoms with Gasteiger partial charge in [0.05, 0.1) is 5.02 Å². The van der Waals surface area contributed by atoms with E-state index in [2.05, 4.69) is 17.1 Å². The van der Waals surface area contributed by atoms with Crippen LogP contribution >= 0.6 is 11.6 Å². The van der Waals surface area contributed by atoms with E-state index >= 15 is 0 Å². The fourth-order valence-corrected chi connectivity index (χ4v) is 3.95. The van der Waals surface area contributed by atoms with E-state index in [1.165, 1.54) is 32.1 Å². The van der Waals surface area contributed by atoms with Crippen LogP contribution in [0.15, 0.2) is 18.2 Å². The summed E-state index contributed by atoms with van der Waals surface area (Å²) in [5.41, 5.74) is 0.960. The maximum Gasteiger partial charge on any atom is 0.146 e. The molecule has 3 rings (SSSR count). The lowest BCUT2D eigenvalue weighted by atomic mass is 9.79. The first kappa shape index (κ1) is 15.3. The Morgan fingerprint density at radius 2 is 2.10 bits per heavy atom. The molecule has 1 atom stereocenters. The summed E-state index contributed by atoms with van der Waals surface area (Å²) in [6.07, 6.45) is 6.45. The van der Waals surface area contributed by atoms with Crippen LogP contribution in [0.5, 0.6) is 0 Å². The summed E-state index contributed by atoms with van der Waals surface area (Å²) in [7, 11) is 0. The number of nitrogens with zero attached hydrogens (tertiary/aromatic N) is 1. The summed E-state index contributed by atoms with van der Waals surface area (Å²) in [6.45, 7) is 4.87. The molecule has 2 nitrogen and oxygen atoms in total. The normalized spacial score (nSPS) is 26.1. The van der Waals surface area contributed by atoms with Crippen molar-refractivity contribution in [2.75, 3.05) is 13.1 Å². The fourth-order valence-electron chi connectivity index (χ4n) is 3.76. The summed E-state index contributed by atoms with van der Waals surface area (Å²) in [5, 5.41) is 3.99. The van der Waals surface area contributed by atoms with Crippen LogP contribution in [0.25, 0.3) is 0 Å². The quantitative estimate of drug-likeness (QED) is 0.889. The molecule has 4 heteroatoms. The smallest absolute Gasteiger partial charge is 0.146 e. The van der Waals surface area contributed by atoms with Crippen LogP contribution in [-0.4, -0.2) is 29.6 Å². The van der Waals surface area contributed by atoms with Gasteiger partial charge < -0.3 is 5.32 Å². The zero-order valence-corrected chi connectivity index (χ0v) is 13.4. The number of rotatable bonds is 2. The molecule has 1 heterocycles. The molecule has 2 aliphatic rings. The summed E-state index contributed by atoms with van der Waals surface area (Å²) >= 11 is 5.90. The van der Waals surface area contributed by atoms with Gasteiger partial charge in [0.2, 0.25) is 0 Å². The van der Waals surface area contributed by atoms with Crippen molar-refractivity contribution >= 4 is 11.6 Å². The Hall–Kier alpha value is -0.640. The lowest BCUT2D eigenvalue weighted by Crippen LogP contribution is -2.63. The molecule has 1 aromatic carbocycles. The molecule has 2 fully saturated rings. The Morgan fingerprint density at radius 3 is 2.86 bits per heavy atom. The SMILES string of the molecule is CC1CNC2(CCCCC2)CN1Cc1cccc(Cl)c1F. The van der Waals surface area contributed by atoms with Gasteiger partial charge in [0, 0.05) is 36.8 Å². The van der Waals surface area contributed by atoms with Crippen molar-refractivity contribution in [2.45, 2.75) is 57.2 Å². The number of piperazine rings is 1. The van der Waals surface area contributed by atoms with Gasteiger partial charge in [-0.05, 0) is 25.8 Å². The molecule has 1 saturated carbocycles.